The summed E-state index contributed by atoms with van der Waals surface area (Å²) in [5, 5.41) is 0. The molecule has 0 saturated carbocycles. The molecule has 1 atom stereocenters. The van der Waals surface area contributed by atoms with Gasteiger partial charge in [-0.2, -0.15) is 0 Å². The van der Waals surface area contributed by atoms with Crippen molar-refractivity contribution in [2.24, 2.45) is 5.92 Å². The van der Waals surface area contributed by atoms with E-state index in [-0.39, 0.29) is 0 Å². The van der Waals surface area contributed by atoms with Crippen molar-refractivity contribution >= 4 is 11.7 Å². The summed E-state index contributed by atoms with van der Waals surface area (Å²) in [5.74, 6) is 0.692. The van der Waals surface area contributed by atoms with E-state index < -0.39 is 5.97 Å². The highest BCUT2D eigenvalue weighted by molar-refractivity contribution is 5.90. The van der Waals surface area contributed by atoms with Crippen molar-refractivity contribution in [1.29, 1.82) is 0 Å². The Morgan fingerprint density at radius 3 is 2.71 bits per heavy atom. The smallest absolute Gasteiger partial charge is 0.337 e. The molecule has 0 aromatic heterocycles. The van der Waals surface area contributed by atoms with Crippen LogP contribution in [0.4, 0.5) is 5.69 Å². The number of anilines is 1. The van der Waals surface area contributed by atoms with Crippen LogP contribution in [0.3, 0.4) is 0 Å². The maximum atomic E-state index is 11.3. The molecule has 0 aliphatic rings. The Labute approximate surface area is 102 Å². The van der Waals surface area contributed by atoms with Crippen LogP contribution in [0.1, 0.15) is 30.6 Å². The molecule has 0 aliphatic carbocycles. The third kappa shape index (κ3) is 3.66. The predicted octanol–water partition coefficient (Wildman–Crippen LogP) is 2.48. The van der Waals surface area contributed by atoms with Crippen molar-refractivity contribution in [3.63, 3.8) is 0 Å². The van der Waals surface area contributed by atoms with E-state index in [1.165, 1.54) is 7.11 Å². The Morgan fingerprint density at radius 1 is 1.47 bits per heavy atom. The molecule has 94 valence electrons. The van der Waals surface area contributed by atoms with Gasteiger partial charge in [0.15, 0.2) is 0 Å². The monoisotopic (exact) mass is 237 g/mol. The number of hydrogen-bond acceptors (Lipinski definition) is 4. The van der Waals surface area contributed by atoms with Gasteiger partial charge in [-0.25, -0.2) is 4.79 Å². The molecule has 0 spiro atoms. The zero-order valence-corrected chi connectivity index (χ0v) is 10.5. The maximum absolute atomic E-state index is 11.3. The average molecular weight is 237 g/mol. The van der Waals surface area contributed by atoms with Crippen LogP contribution in [0.2, 0.25) is 0 Å². The first-order valence-corrected chi connectivity index (χ1v) is 5.69. The molecule has 17 heavy (non-hydrogen) atoms. The molecule has 0 bridgehead atoms. The van der Waals surface area contributed by atoms with Gasteiger partial charge < -0.3 is 15.2 Å². The fourth-order valence-electron chi connectivity index (χ4n) is 1.27. The minimum Gasteiger partial charge on any atom is -0.491 e. The van der Waals surface area contributed by atoms with Crippen LogP contribution in [0.25, 0.3) is 0 Å². The van der Waals surface area contributed by atoms with Crippen molar-refractivity contribution in [2.45, 2.75) is 20.3 Å². The Balaban J connectivity index is 2.73. The summed E-state index contributed by atoms with van der Waals surface area (Å²) >= 11 is 0. The molecule has 4 heteroatoms. The second kappa shape index (κ2) is 6.13. The first kappa shape index (κ1) is 13.4. The van der Waals surface area contributed by atoms with Gasteiger partial charge in [-0.05, 0) is 24.1 Å². The fourth-order valence-corrected chi connectivity index (χ4v) is 1.27. The van der Waals surface area contributed by atoms with Crippen LogP contribution >= 0.6 is 0 Å². The highest BCUT2D eigenvalue weighted by Gasteiger charge is 2.09. The van der Waals surface area contributed by atoms with Gasteiger partial charge in [0.2, 0.25) is 0 Å². The molecular formula is C13H19NO3. The molecule has 0 saturated heterocycles. The number of hydrogen-bond donors (Lipinski definition) is 1. The predicted molar refractivity (Wildman–Crippen MR) is 67.1 cm³/mol. The van der Waals surface area contributed by atoms with E-state index in [1.54, 1.807) is 18.2 Å². The van der Waals surface area contributed by atoms with Crippen molar-refractivity contribution in [3.05, 3.63) is 23.8 Å². The molecule has 1 rings (SSSR count). The summed E-state index contributed by atoms with van der Waals surface area (Å²) in [6.07, 6.45) is 1.06. The molecule has 0 aliphatic heterocycles. The second-order valence-corrected chi connectivity index (χ2v) is 4.07. The van der Waals surface area contributed by atoms with Gasteiger partial charge in [-0.15, -0.1) is 0 Å². The molecule has 1 aromatic rings. The first-order valence-electron chi connectivity index (χ1n) is 5.69. The van der Waals surface area contributed by atoms with Crippen LogP contribution in [-0.2, 0) is 4.74 Å². The van der Waals surface area contributed by atoms with E-state index >= 15 is 0 Å². The van der Waals surface area contributed by atoms with E-state index in [1.807, 2.05) is 0 Å². The van der Waals surface area contributed by atoms with E-state index in [4.69, 9.17) is 10.5 Å². The van der Waals surface area contributed by atoms with Gasteiger partial charge >= 0.3 is 5.97 Å². The molecule has 4 nitrogen and oxygen atoms in total. The largest absolute Gasteiger partial charge is 0.491 e. The molecule has 2 N–H and O–H groups in total. The minimum atomic E-state index is -0.398. The number of nitrogen functional groups attached to an aromatic ring is 1. The number of carbonyl (C=O) groups is 1. The van der Waals surface area contributed by atoms with Crippen LogP contribution in [0.5, 0.6) is 5.75 Å². The highest BCUT2D eigenvalue weighted by Crippen LogP contribution is 2.23. The lowest BCUT2D eigenvalue weighted by molar-refractivity contribution is 0.0600. The quantitative estimate of drug-likeness (QED) is 0.631. The fraction of sp³-hybridized carbons (Fsp3) is 0.462. The number of ether oxygens (including phenoxy) is 2. The molecule has 0 fully saturated rings. The summed E-state index contributed by atoms with van der Waals surface area (Å²) in [5.41, 5.74) is 6.69. The van der Waals surface area contributed by atoms with Crippen LogP contribution in [0.15, 0.2) is 18.2 Å². The standard InChI is InChI=1S/C13H19NO3/c1-4-9(2)8-17-12-6-5-10(7-11(12)14)13(15)16-3/h5-7,9H,4,8,14H2,1-3H3. The van der Waals surface area contributed by atoms with E-state index in [0.29, 0.717) is 29.5 Å². The van der Waals surface area contributed by atoms with Gasteiger partial charge in [0, 0.05) is 0 Å². The Bertz CT molecular complexity index is 390. The number of methoxy groups -OCH3 is 1. The number of nitrogens with two attached hydrogens (primary N) is 1. The Hall–Kier alpha value is -1.71. The SMILES string of the molecule is CCC(C)COc1ccc(C(=O)OC)cc1N. The number of carbonyl (C=O) groups excluding carboxylic acids is 1. The molecule has 1 unspecified atom stereocenters. The lowest BCUT2D eigenvalue weighted by atomic mass is 10.1. The van der Waals surface area contributed by atoms with Crippen molar-refractivity contribution in [2.75, 3.05) is 19.5 Å². The summed E-state index contributed by atoms with van der Waals surface area (Å²) in [6.45, 7) is 4.84. The normalized spacial score (nSPS) is 11.9. The van der Waals surface area contributed by atoms with Gasteiger partial charge in [-0.3, -0.25) is 0 Å². The van der Waals surface area contributed by atoms with Crippen molar-refractivity contribution in [3.8, 4) is 5.75 Å². The minimum absolute atomic E-state index is 0.398. The van der Waals surface area contributed by atoms with Crippen LogP contribution < -0.4 is 10.5 Å². The first-order chi connectivity index (χ1) is 8.08. The number of rotatable bonds is 5. The van der Waals surface area contributed by atoms with E-state index in [9.17, 15) is 4.79 Å². The summed E-state index contributed by atoms with van der Waals surface area (Å²) < 4.78 is 10.2. The number of benzene rings is 1. The van der Waals surface area contributed by atoms with E-state index in [0.717, 1.165) is 6.42 Å². The van der Waals surface area contributed by atoms with Gasteiger partial charge in [0.25, 0.3) is 0 Å². The second-order valence-electron chi connectivity index (χ2n) is 4.07. The molecule has 1 aromatic carbocycles. The lowest BCUT2D eigenvalue weighted by Gasteiger charge is -2.13. The lowest BCUT2D eigenvalue weighted by Crippen LogP contribution is -2.09. The summed E-state index contributed by atoms with van der Waals surface area (Å²) in [6, 6.07) is 4.91. The molecule has 0 amide bonds. The Kier molecular flexibility index (Phi) is 4.82. The highest BCUT2D eigenvalue weighted by atomic mass is 16.5. The van der Waals surface area contributed by atoms with Crippen LogP contribution in [0, 0.1) is 5.92 Å². The molecule has 0 radical (unpaired) electrons. The summed E-state index contributed by atoms with van der Waals surface area (Å²) in [4.78, 5) is 11.3. The third-order valence-corrected chi connectivity index (χ3v) is 2.65. The van der Waals surface area contributed by atoms with Gasteiger partial charge in [0.1, 0.15) is 5.75 Å². The summed E-state index contributed by atoms with van der Waals surface area (Å²) in [7, 11) is 1.34. The topological polar surface area (TPSA) is 61.5 Å². The van der Waals surface area contributed by atoms with E-state index in [2.05, 4.69) is 18.6 Å². The van der Waals surface area contributed by atoms with Gasteiger partial charge in [0.05, 0.1) is 25.0 Å². The van der Waals surface area contributed by atoms with Crippen molar-refractivity contribution in [1.82, 2.24) is 0 Å². The number of esters is 1. The van der Waals surface area contributed by atoms with Crippen molar-refractivity contribution < 1.29 is 14.3 Å². The van der Waals surface area contributed by atoms with Gasteiger partial charge in [-0.1, -0.05) is 20.3 Å². The van der Waals surface area contributed by atoms with Crippen LogP contribution in [-0.4, -0.2) is 19.7 Å². The zero-order chi connectivity index (χ0) is 12.8. The molecular weight excluding hydrogens is 218 g/mol. The average Bonchev–Trinajstić information content (AvgIpc) is 2.35. The maximum Gasteiger partial charge on any atom is 0.337 e. The third-order valence-electron chi connectivity index (χ3n) is 2.65. The zero-order valence-electron chi connectivity index (χ0n) is 10.5. The Morgan fingerprint density at radius 2 is 2.18 bits per heavy atom. The molecule has 0 heterocycles.